The van der Waals surface area contributed by atoms with Gasteiger partial charge in [0.05, 0.1) is 11.9 Å². The maximum absolute atomic E-state index is 4.56. The molecule has 18 heavy (non-hydrogen) atoms. The first-order valence-corrected chi connectivity index (χ1v) is 6.66. The number of imidazole rings is 1. The molecule has 94 valence electrons. The number of aryl methyl sites for hydroxylation is 1. The molecule has 0 aliphatic carbocycles. The summed E-state index contributed by atoms with van der Waals surface area (Å²) < 4.78 is 0. The molecule has 0 spiro atoms. The van der Waals surface area contributed by atoms with E-state index in [1.54, 1.807) is 0 Å². The molecule has 1 aromatic carbocycles. The zero-order chi connectivity index (χ0) is 12.4. The predicted octanol–water partition coefficient (Wildman–Crippen LogP) is 2.85. The van der Waals surface area contributed by atoms with E-state index in [9.17, 15) is 0 Å². The van der Waals surface area contributed by atoms with Gasteiger partial charge in [0.1, 0.15) is 5.82 Å². The topological polar surface area (TPSA) is 40.7 Å². The molecule has 1 aromatic heterocycles. The van der Waals surface area contributed by atoms with Gasteiger partial charge in [0.2, 0.25) is 0 Å². The van der Waals surface area contributed by atoms with E-state index in [-0.39, 0.29) is 0 Å². The highest BCUT2D eigenvalue weighted by Gasteiger charge is 2.18. The molecular weight excluding hydrogens is 222 g/mol. The Morgan fingerprint density at radius 2 is 2.17 bits per heavy atom. The van der Waals surface area contributed by atoms with Gasteiger partial charge in [-0.15, -0.1) is 0 Å². The molecule has 2 N–H and O–H groups in total. The fraction of sp³-hybridized carbons (Fsp3) is 0.400. The van der Waals surface area contributed by atoms with E-state index in [1.165, 1.54) is 24.0 Å². The molecule has 0 amide bonds. The van der Waals surface area contributed by atoms with Gasteiger partial charge < -0.3 is 10.3 Å². The lowest BCUT2D eigenvalue weighted by atomic mass is 9.99. The van der Waals surface area contributed by atoms with Gasteiger partial charge in [-0.3, -0.25) is 0 Å². The molecule has 1 atom stereocenters. The van der Waals surface area contributed by atoms with Gasteiger partial charge in [-0.1, -0.05) is 24.3 Å². The lowest BCUT2D eigenvalue weighted by molar-refractivity contribution is 0.449. The van der Waals surface area contributed by atoms with E-state index in [2.05, 4.69) is 46.5 Å². The minimum atomic E-state index is 0.538. The summed E-state index contributed by atoms with van der Waals surface area (Å²) in [6, 6.07) is 8.43. The minimum Gasteiger partial charge on any atom is -0.342 e. The van der Waals surface area contributed by atoms with Crippen LogP contribution in [-0.2, 0) is 0 Å². The third kappa shape index (κ3) is 2.18. The molecule has 1 aliphatic rings. The Balaban J connectivity index is 1.87. The van der Waals surface area contributed by atoms with E-state index in [4.69, 9.17) is 0 Å². The molecule has 2 heterocycles. The molecule has 1 saturated heterocycles. The monoisotopic (exact) mass is 241 g/mol. The van der Waals surface area contributed by atoms with Crippen LogP contribution in [0.4, 0.5) is 0 Å². The van der Waals surface area contributed by atoms with Gasteiger partial charge >= 0.3 is 0 Å². The summed E-state index contributed by atoms with van der Waals surface area (Å²) in [5.74, 6) is 1.66. The van der Waals surface area contributed by atoms with Crippen molar-refractivity contribution in [3.63, 3.8) is 0 Å². The smallest absolute Gasteiger partial charge is 0.110 e. The van der Waals surface area contributed by atoms with Gasteiger partial charge in [-0.2, -0.15) is 0 Å². The number of benzene rings is 1. The standard InChI is InChI=1S/C15H19N3/c1-11-5-2-3-7-13(11)14-10-17-15(18-14)12-6-4-8-16-9-12/h2-3,5,7,10,12,16H,4,6,8-9H2,1H3,(H,17,18). The van der Waals surface area contributed by atoms with Crippen LogP contribution in [0.3, 0.4) is 0 Å². The van der Waals surface area contributed by atoms with Gasteiger partial charge in [-0.05, 0) is 31.9 Å². The number of rotatable bonds is 2. The number of aromatic amines is 1. The molecule has 1 fully saturated rings. The zero-order valence-electron chi connectivity index (χ0n) is 10.7. The van der Waals surface area contributed by atoms with E-state index >= 15 is 0 Å². The van der Waals surface area contributed by atoms with Crippen molar-refractivity contribution in [1.82, 2.24) is 15.3 Å². The summed E-state index contributed by atoms with van der Waals surface area (Å²) in [7, 11) is 0. The molecule has 1 unspecified atom stereocenters. The summed E-state index contributed by atoms with van der Waals surface area (Å²) in [6.07, 6.45) is 4.44. The third-order valence-corrected chi connectivity index (χ3v) is 3.71. The molecular formula is C15H19N3. The maximum atomic E-state index is 4.56. The van der Waals surface area contributed by atoms with Crippen molar-refractivity contribution >= 4 is 0 Å². The number of aromatic nitrogens is 2. The van der Waals surface area contributed by atoms with Crippen LogP contribution in [0.1, 0.15) is 30.1 Å². The van der Waals surface area contributed by atoms with Crippen LogP contribution >= 0.6 is 0 Å². The van der Waals surface area contributed by atoms with Crippen LogP contribution in [0.25, 0.3) is 11.3 Å². The van der Waals surface area contributed by atoms with Gasteiger partial charge in [0.25, 0.3) is 0 Å². The summed E-state index contributed by atoms with van der Waals surface area (Å²) in [6.45, 7) is 4.32. The first-order chi connectivity index (χ1) is 8.84. The number of nitrogens with zero attached hydrogens (tertiary/aromatic N) is 1. The van der Waals surface area contributed by atoms with Crippen LogP contribution in [0.2, 0.25) is 0 Å². The van der Waals surface area contributed by atoms with E-state index in [0.717, 1.165) is 24.6 Å². The lowest BCUT2D eigenvalue weighted by Crippen LogP contribution is -2.28. The van der Waals surface area contributed by atoms with Crippen LogP contribution in [-0.4, -0.2) is 23.1 Å². The Labute approximate surface area is 108 Å². The summed E-state index contributed by atoms with van der Waals surface area (Å²) in [4.78, 5) is 8.05. The van der Waals surface area contributed by atoms with E-state index in [0.29, 0.717) is 5.92 Å². The Morgan fingerprint density at radius 1 is 1.28 bits per heavy atom. The second-order valence-electron chi connectivity index (χ2n) is 5.04. The highest BCUT2D eigenvalue weighted by Crippen LogP contribution is 2.25. The summed E-state index contributed by atoms with van der Waals surface area (Å²) in [5.41, 5.74) is 3.67. The normalized spacial score (nSPS) is 19.9. The third-order valence-electron chi connectivity index (χ3n) is 3.71. The molecule has 2 aromatic rings. The van der Waals surface area contributed by atoms with Crippen molar-refractivity contribution in [3.8, 4) is 11.3 Å². The van der Waals surface area contributed by atoms with Crippen LogP contribution in [0.15, 0.2) is 30.5 Å². The van der Waals surface area contributed by atoms with Crippen molar-refractivity contribution in [2.45, 2.75) is 25.7 Å². The van der Waals surface area contributed by atoms with Gasteiger partial charge in [0, 0.05) is 18.0 Å². The Morgan fingerprint density at radius 3 is 2.94 bits per heavy atom. The summed E-state index contributed by atoms with van der Waals surface area (Å²) in [5, 5.41) is 3.43. The van der Waals surface area contributed by atoms with Gasteiger partial charge in [-0.25, -0.2) is 4.98 Å². The highest BCUT2D eigenvalue weighted by atomic mass is 15.0. The average Bonchev–Trinajstić information content (AvgIpc) is 2.90. The Hall–Kier alpha value is -1.61. The number of piperidine rings is 1. The quantitative estimate of drug-likeness (QED) is 0.848. The minimum absolute atomic E-state index is 0.538. The van der Waals surface area contributed by atoms with Crippen molar-refractivity contribution in [3.05, 3.63) is 41.9 Å². The number of nitrogens with one attached hydrogen (secondary N) is 2. The van der Waals surface area contributed by atoms with Crippen LogP contribution in [0.5, 0.6) is 0 Å². The number of hydrogen-bond acceptors (Lipinski definition) is 2. The molecule has 1 aliphatic heterocycles. The molecule has 3 heteroatoms. The maximum Gasteiger partial charge on any atom is 0.110 e. The van der Waals surface area contributed by atoms with Crippen molar-refractivity contribution in [2.75, 3.05) is 13.1 Å². The molecule has 0 saturated carbocycles. The first-order valence-electron chi connectivity index (χ1n) is 6.66. The number of hydrogen-bond donors (Lipinski definition) is 2. The van der Waals surface area contributed by atoms with Crippen LogP contribution in [0, 0.1) is 6.92 Å². The molecule has 3 rings (SSSR count). The second kappa shape index (κ2) is 4.94. The average molecular weight is 241 g/mol. The lowest BCUT2D eigenvalue weighted by Gasteiger charge is -2.20. The van der Waals surface area contributed by atoms with Crippen molar-refractivity contribution in [1.29, 1.82) is 0 Å². The fourth-order valence-electron chi connectivity index (χ4n) is 2.64. The van der Waals surface area contributed by atoms with Crippen LogP contribution < -0.4 is 5.32 Å². The van der Waals surface area contributed by atoms with E-state index < -0.39 is 0 Å². The zero-order valence-corrected chi connectivity index (χ0v) is 10.7. The predicted molar refractivity (Wildman–Crippen MR) is 73.6 cm³/mol. The Kier molecular flexibility index (Phi) is 3.15. The van der Waals surface area contributed by atoms with E-state index in [1.807, 2.05) is 6.20 Å². The van der Waals surface area contributed by atoms with Gasteiger partial charge in [0.15, 0.2) is 0 Å². The number of H-pyrrole nitrogens is 1. The molecule has 0 bridgehead atoms. The SMILES string of the molecule is Cc1ccccc1-c1cnc(C2CCCNC2)[nH]1. The van der Waals surface area contributed by atoms with Crippen molar-refractivity contribution in [2.24, 2.45) is 0 Å². The first kappa shape index (κ1) is 11.5. The largest absolute Gasteiger partial charge is 0.342 e. The van der Waals surface area contributed by atoms with Crippen molar-refractivity contribution < 1.29 is 0 Å². The Bertz CT molecular complexity index is 524. The molecule has 0 radical (unpaired) electrons. The highest BCUT2D eigenvalue weighted by molar-refractivity contribution is 5.62. The second-order valence-corrected chi connectivity index (χ2v) is 5.04. The fourth-order valence-corrected chi connectivity index (χ4v) is 2.64. The summed E-state index contributed by atoms with van der Waals surface area (Å²) >= 11 is 0. The molecule has 3 nitrogen and oxygen atoms in total.